The quantitative estimate of drug-likeness (QED) is 0.877. The molecule has 4 nitrogen and oxygen atoms in total. The number of benzene rings is 1. The molecule has 1 aromatic carbocycles. The predicted molar refractivity (Wildman–Crippen MR) is 85.9 cm³/mol. The zero-order valence-electron chi connectivity index (χ0n) is 11.9. The largest absolute Gasteiger partial charge is 0.397 e. The minimum absolute atomic E-state index is 0.844. The third kappa shape index (κ3) is 2.10. The Morgan fingerprint density at radius 2 is 2.20 bits per heavy atom. The summed E-state index contributed by atoms with van der Waals surface area (Å²) in [5.74, 6) is 0. The van der Waals surface area contributed by atoms with E-state index in [-0.39, 0.29) is 0 Å². The Kier molecular flexibility index (Phi) is 3.46. The van der Waals surface area contributed by atoms with E-state index < -0.39 is 0 Å². The molecular formula is C15H19BrN4. The van der Waals surface area contributed by atoms with Crippen molar-refractivity contribution in [2.24, 2.45) is 0 Å². The molecule has 0 amide bonds. The van der Waals surface area contributed by atoms with Gasteiger partial charge in [0.25, 0.3) is 0 Å². The molecule has 0 radical (unpaired) electrons. The highest BCUT2D eigenvalue weighted by molar-refractivity contribution is 9.10. The van der Waals surface area contributed by atoms with E-state index in [0.29, 0.717) is 0 Å². The molecule has 2 N–H and O–H groups in total. The van der Waals surface area contributed by atoms with Gasteiger partial charge in [-0.2, -0.15) is 5.10 Å². The van der Waals surface area contributed by atoms with Crippen LogP contribution in [0.2, 0.25) is 0 Å². The lowest BCUT2D eigenvalue weighted by Crippen LogP contribution is -2.23. The number of rotatable bonds is 3. The fraction of sp³-hybridized carbons (Fsp3) is 0.400. The SMILES string of the molecule is CCn1nc(C)c(Br)c1CN1CCc2cccc(N)c21. The number of hydrogen-bond acceptors (Lipinski definition) is 3. The zero-order chi connectivity index (χ0) is 14.3. The predicted octanol–water partition coefficient (Wildman–Crippen LogP) is 3.12. The van der Waals surface area contributed by atoms with Crippen molar-refractivity contribution >= 4 is 27.3 Å². The average Bonchev–Trinajstić information content (AvgIpc) is 2.96. The first kappa shape index (κ1) is 13.5. The van der Waals surface area contributed by atoms with E-state index in [1.165, 1.54) is 16.9 Å². The Labute approximate surface area is 127 Å². The number of halogens is 1. The number of nitrogen functional groups attached to an aromatic ring is 1. The van der Waals surface area contributed by atoms with Crippen LogP contribution in [0.5, 0.6) is 0 Å². The maximum absolute atomic E-state index is 6.15. The van der Waals surface area contributed by atoms with Crippen LogP contribution in [0.15, 0.2) is 22.7 Å². The van der Waals surface area contributed by atoms with Gasteiger partial charge in [-0.15, -0.1) is 0 Å². The minimum atomic E-state index is 0.844. The number of anilines is 2. The van der Waals surface area contributed by atoms with E-state index in [9.17, 15) is 0 Å². The van der Waals surface area contributed by atoms with Gasteiger partial charge in [-0.05, 0) is 47.8 Å². The highest BCUT2D eigenvalue weighted by Crippen LogP contribution is 2.35. The molecule has 1 aliphatic rings. The van der Waals surface area contributed by atoms with Crippen molar-refractivity contribution in [3.63, 3.8) is 0 Å². The van der Waals surface area contributed by atoms with Crippen LogP contribution in [0, 0.1) is 6.92 Å². The summed E-state index contributed by atoms with van der Waals surface area (Å²) < 4.78 is 3.18. The zero-order valence-corrected chi connectivity index (χ0v) is 13.4. The summed E-state index contributed by atoms with van der Waals surface area (Å²) in [6.07, 6.45) is 1.07. The van der Waals surface area contributed by atoms with Gasteiger partial charge in [-0.1, -0.05) is 12.1 Å². The Bertz CT molecular complexity index is 648. The second kappa shape index (κ2) is 5.13. The van der Waals surface area contributed by atoms with Crippen LogP contribution in [0.3, 0.4) is 0 Å². The summed E-state index contributed by atoms with van der Waals surface area (Å²) in [6, 6.07) is 6.19. The van der Waals surface area contributed by atoms with Gasteiger partial charge in [0.15, 0.2) is 0 Å². The molecule has 20 heavy (non-hydrogen) atoms. The van der Waals surface area contributed by atoms with E-state index in [0.717, 1.165) is 41.9 Å². The van der Waals surface area contributed by atoms with Crippen molar-refractivity contribution in [1.29, 1.82) is 0 Å². The van der Waals surface area contributed by atoms with Crippen LogP contribution in [-0.2, 0) is 19.5 Å². The van der Waals surface area contributed by atoms with Crippen LogP contribution in [0.1, 0.15) is 23.9 Å². The van der Waals surface area contributed by atoms with Gasteiger partial charge >= 0.3 is 0 Å². The monoisotopic (exact) mass is 334 g/mol. The summed E-state index contributed by atoms with van der Waals surface area (Å²) in [4.78, 5) is 2.36. The molecule has 0 fully saturated rings. The van der Waals surface area contributed by atoms with Crippen LogP contribution in [0.4, 0.5) is 11.4 Å². The van der Waals surface area contributed by atoms with Gasteiger partial charge in [0, 0.05) is 13.1 Å². The molecular weight excluding hydrogens is 316 g/mol. The van der Waals surface area contributed by atoms with Crippen LogP contribution in [-0.4, -0.2) is 16.3 Å². The number of fused-ring (bicyclic) bond motifs is 1. The highest BCUT2D eigenvalue weighted by atomic mass is 79.9. The van der Waals surface area contributed by atoms with Crippen molar-refractivity contribution in [3.8, 4) is 0 Å². The molecule has 3 rings (SSSR count). The van der Waals surface area contributed by atoms with Crippen LogP contribution >= 0.6 is 15.9 Å². The summed E-state index contributed by atoms with van der Waals surface area (Å²) in [5, 5.41) is 4.56. The van der Waals surface area contributed by atoms with E-state index >= 15 is 0 Å². The Balaban J connectivity index is 1.95. The van der Waals surface area contributed by atoms with Crippen molar-refractivity contribution in [3.05, 3.63) is 39.6 Å². The van der Waals surface area contributed by atoms with Crippen LogP contribution < -0.4 is 10.6 Å². The van der Waals surface area contributed by atoms with E-state index in [1.54, 1.807) is 0 Å². The molecule has 1 aromatic heterocycles. The first-order chi connectivity index (χ1) is 9.61. The third-order valence-electron chi connectivity index (χ3n) is 3.91. The first-order valence-corrected chi connectivity index (χ1v) is 7.75. The van der Waals surface area contributed by atoms with Crippen molar-refractivity contribution in [2.75, 3.05) is 17.2 Å². The maximum atomic E-state index is 6.15. The fourth-order valence-corrected chi connectivity index (χ4v) is 3.33. The second-order valence-electron chi connectivity index (χ2n) is 5.19. The molecule has 0 bridgehead atoms. The van der Waals surface area contributed by atoms with Gasteiger partial charge < -0.3 is 10.6 Å². The molecule has 0 saturated carbocycles. The Hall–Kier alpha value is -1.49. The number of nitrogens with zero attached hydrogens (tertiary/aromatic N) is 3. The average molecular weight is 335 g/mol. The number of hydrogen-bond donors (Lipinski definition) is 1. The van der Waals surface area contributed by atoms with Gasteiger partial charge in [0.05, 0.1) is 33.8 Å². The summed E-state index contributed by atoms with van der Waals surface area (Å²) in [6.45, 7) is 6.90. The lowest BCUT2D eigenvalue weighted by atomic mass is 10.1. The smallest absolute Gasteiger partial charge is 0.0739 e. The fourth-order valence-electron chi connectivity index (χ4n) is 2.92. The Morgan fingerprint density at radius 3 is 2.95 bits per heavy atom. The van der Waals surface area contributed by atoms with Gasteiger partial charge in [0.1, 0.15) is 0 Å². The molecule has 2 heterocycles. The molecule has 0 atom stereocenters. The number of aromatic nitrogens is 2. The second-order valence-corrected chi connectivity index (χ2v) is 5.98. The molecule has 0 spiro atoms. The number of aryl methyl sites for hydroxylation is 2. The van der Waals surface area contributed by atoms with Gasteiger partial charge in [-0.3, -0.25) is 4.68 Å². The summed E-state index contributed by atoms with van der Waals surface area (Å²) in [7, 11) is 0. The van der Waals surface area contributed by atoms with E-state index in [2.05, 4.69) is 43.6 Å². The topological polar surface area (TPSA) is 47.1 Å². The lowest BCUT2D eigenvalue weighted by Gasteiger charge is -2.21. The minimum Gasteiger partial charge on any atom is -0.397 e. The molecule has 5 heteroatoms. The number of para-hydroxylation sites is 1. The van der Waals surface area contributed by atoms with Crippen molar-refractivity contribution in [1.82, 2.24) is 9.78 Å². The van der Waals surface area contributed by atoms with Gasteiger partial charge in [0.2, 0.25) is 0 Å². The highest BCUT2D eigenvalue weighted by Gasteiger charge is 2.24. The summed E-state index contributed by atoms with van der Waals surface area (Å²) >= 11 is 3.67. The number of nitrogens with two attached hydrogens (primary N) is 1. The molecule has 0 aliphatic carbocycles. The molecule has 0 unspecified atom stereocenters. The lowest BCUT2D eigenvalue weighted by molar-refractivity contribution is 0.608. The van der Waals surface area contributed by atoms with Gasteiger partial charge in [-0.25, -0.2) is 0 Å². The molecule has 0 saturated heterocycles. The van der Waals surface area contributed by atoms with Crippen molar-refractivity contribution in [2.45, 2.75) is 33.4 Å². The van der Waals surface area contributed by atoms with Crippen molar-refractivity contribution < 1.29 is 0 Å². The molecule has 106 valence electrons. The summed E-state index contributed by atoms with van der Waals surface area (Å²) in [5.41, 5.74) is 11.8. The maximum Gasteiger partial charge on any atom is 0.0739 e. The first-order valence-electron chi connectivity index (χ1n) is 6.96. The normalized spacial score (nSPS) is 13.8. The van der Waals surface area contributed by atoms with Crippen LogP contribution in [0.25, 0.3) is 0 Å². The molecule has 2 aromatic rings. The molecule has 1 aliphatic heterocycles. The third-order valence-corrected chi connectivity index (χ3v) is 4.94. The Morgan fingerprint density at radius 1 is 1.40 bits per heavy atom. The van der Waals surface area contributed by atoms with E-state index in [1.807, 2.05) is 19.1 Å². The standard InChI is InChI=1S/C15H19BrN4/c1-3-20-13(14(16)10(2)18-20)9-19-8-7-11-5-4-6-12(17)15(11)19/h4-6H,3,7-9,17H2,1-2H3. The van der Waals surface area contributed by atoms with E-state index in [4.69, 9.17) is 5.73 Å².